The Morgan fingerprint density at radius 1 is 1.07 bits per heavy atom. The van der Waals surface area contributed by atoms with E-state index in [0.29, 0.717) is 28.9 Å². The summed E-state index contributed by atoms with van der Waals surface area (Å²) >= 11 is 0. The van der Waals surface area contributed by atoms with E-state index in [1.165, 1.54) is 0 Å². The van der Waals surface area contributed by atoms with Crippen molar-refractivity contribution in [2.24, 2.45) is 0 Å². The van der Waals surface area contributed by atoms with Gasteiger partial charge in [0.15, 0.2) is 0 Å². The SMILES string of the molecule is CC1CN(c2ccc3cc(-c4cc5ccccn5n4)c(=O)oc3c2)C[C@@H](C)N1. The second-order valence-corrected chi connectivity index (χ2v) is 7.64. The minimum atomic E-state index is -0.366. The van der Waals surface area contributed by atoms with Crippen molar-refractivity contribution in [2.45, 2.75) is 25.9 Å². The van der Waals surface area contributed by atoms with Crippen molar-refractivity contribution in [1.82, 2.24) is 14.9 Å². The van der Waals surface area contributed by atoms with Crippen LogP contribution in [0.2, 0.25) is 0 Å². The average molecular weight is 374 g/mol. The van der Waals surface area contributed by atoms with Gasteiger partial charge < -0.3 is 14.6 Å². The summed E-state index contributed by atoms with van der Waals surface area (Å²) in [6, 6.07) is 16.5. The Bertz CT molecular complexity index is 1180. The summed E-state index contributed by atoms with van der Waals surface area (Å²) in [6.07, 6.45) is 1.86. The molecule has 2 atom stereocenters. The molecular weight excluding hydrogens is 352 g/mol. The third-order valence-electron chi connectivity index (χ3n) is 5.29. The maximum atomic E-state index is 12.7. The molecule has 0 amide bonds. The van der Waals surface area contributed by atoms with Gasteiger partial charge in [0.05, 0.1) is 11.1 Å². The minimum Gasteiger partial charge on any atom is -0.422 e. The molecule has 0 spiro atoms. The molecule has 1 unspecified atom stereocenters. The maximum absolute atomic E-state index is 12.7. The number of nitrogens with zero attached hydrogens (tertiary/aromatic N) is 3. The van der Waals surface area contributed by atoms with Gasteiger partial charge in [0.1, 0.15) is 11.3 Å². The third kappa shape index (κ3) is 2.96. The highest BCUT2D eigenvalue weighted by Gasteiger charge is 2.21. The highest BCUT2D eigenvalue weighted by Crippen LogP contribution is 2.26. The second-order valence-electron chi connectivity index (χ2n) is 7.64. The van der Waals surface area contributed by atoms with Crippen molar-refractivity contribution in [2.75, 3.05) is 18.0 Å². The van der Waals surface area contributed by atoms with Crippen LogP contribution in [-0.2, 0) is 0 Å². The lowest BCUT2D eigenvalue weighted by molar-refractivity contribution is 0.407. The Morgan fingerprint density at radius 3 is 2.68 bits per heavy atom. The topological polar surface area (TPSA) is 62.8 Å². The zero-order chi connectivity index (χ0) is 19.3. The molecule has 5 rings (SSSR count). The van der Waals surface area contributed by atoms with Crippen LogP contribution in [-0.4, -0.2) is 34.8 Å². The van der Waals surface area contributed by atoms with Crippen molar-refractivity contribution in [3.63, 3.8) is 0 Å². The number of nitrogens with one attached hydrogen (secondary N) is 1. The van der Waals surface area contributed by atoms with E-state index in [1.54, 1.807) is 4.52 Å². The Kier molecular flexibility index (Phi) is 3.94. The number of hydrogen-bond acceptors (Lipinski definition) is 5. The molecule has 0 bridgehead atoms. The molecule has 0 radical (unpaired) electrons. The van der Waals surface area contributed by atoms with Gasteiger partial charge in [0.2, 0.25) is 0 Å². The zero-order valence-electron chi connectivity index (χ0n) is 15.9. The molecule has 3 aromatic heterocycles. The van der Waals surface area contributed by atoms with Gasteiger partial charge in [0, 0.05) is 48.5 Å². The van der Waals surface area contributed by atoms with Crippen LogP contribution in [0, 0.1) is 0 Å². The van der Waals surface area contributed by atoms with E-state index in [1.807, 2.05) is 48.7 Å². The smallest absolute Gasteiger partial charge is 0.345 e. The number of hydrogen-bond donors (Lipinski definition) is 1. The van der Waals surface area contributed by atoms with Gasteiger partial charge in [0.25, 0.3) is 0 Å². The van der Waals surface area contributed by atoms with E-state index in [4.69, 9.17) is 4.42 Å². The standard InChI is InChI=1S/C22H22N4O2/c1-14-12-25(13-15(2)23-14)17-7-6-16-9-19(22(27)28-21(16)11-17)20-10-18-5-3-4-8-26(18)24-20/h3-11,14-15,23H,12-13H2,1-2H3/t14-,15?/m1/s1. The van der Waals surface area contributed by atoms with Crippen LogP contribution < -0.4 is 15.8 Å². The normalized spacial score (nSPS) is 20.1. The maximum Gasteiger partial charge on any atom is 0.345 e. The number of rotatable bonds is 2. The molecule has 1 N–H and O–H groups in total. The van der Waals surface area contributed by atoms with Crippen molar-refractivity contribution >= 4 is 22.2 Å². The van der Waals surface area contributed by atoms with Gasteiger partial charge in [-0.2, -0.15) is 5.10 Å². The van der Waals surface area contributed by atoms with E-state index in [-0.39, 0.29) is 5.63 Å². The number of fused-ring (bicyclic) bond motifs is 2. The third-order valence-corrected chi connectivity index (χ3v) is 5.29. The fourth-order valence-electron chi connectivity index (χ4n) is 4.08. The lowest BCUT2D eigenvalue weighted by Gasteiger charge is -2.37. The summed E-state index contributed by atoms with van der Waals surface area (Å²) in [4.78, 5) is 15.0. The highest BCUT2D eigenvalue weighted by atomic mass is 16.4. The summed E-state index contributed by atoms with van der Waals surface area (Å²) in [6.45, 7) is 6.23. The fraction of sp³-hybridized carbons (Fsp3) is 0.273. The quantitative estimate of drug-likeness (QED) is 0.546. The van der Waals surface area contributed by atoms with Crippen LogP contribution >= 0.6 is 0 Å². The van der Waals surface area contributed by atoms with E-state index >= 15 is 0 Å². The van der Waals surface area contributed by atoms with Gasteiger partial charge in [-0.25, -0.2) is 9.31 Å². The van der Waals surface area contributed by atoms with Crippen molar-refractivity contribution in [1.29, 1.82) is 0 Å². The molecule has 6 heteroatoms. The van der Waals surface area contributed by atoms with Crippen LogP contribution in [0.4, 0.5) is 5.69 Å². The highest BCUT2D eigenvalue weighted by molar-refractivity contribution is 5.84. The summed E-state index contributed by atoms with van der Waals surface area (Å²) in [7, 11) is 0. The first-order chi connectivity index (χ1) is 13.6. The number of anilines is 1. The Hall–Kier alpha value is -3.12. The van der Waals surface area contributed by atoms with Gasteiger partial charge in [-0.3, -0.25) is 0 Å². The summed E-state index contributed by atoms with van der Waals surface area (Å²) in [5, 5.41) is 8.93. The second kappa shape index (κ2) is 6.49. The molecule has 142 valence electrons. The van der Waals surface area contributed by atoms with Gasteiger partial charge in [-0.05, 0) is 50.2 Å². The largest absolute Gasteiger partial charge is 0.422 e. The molecule has 28 heavy (non-hydrogen) atoms. The van der Waals surface area contributed by atoms with Crippen molar-refractivity contribution < 1.29 is 4.42 Å². The molecule has 6 nitrogen and oxygen atoms in total. The number of pyridine rings is 1. The van der Waals surface area contributed by atoms with Crippen LogP contribution in [0.25, 0.3) is 27.7 Å². The van der Waals surface area contributed by atoms with E-state index in [9.17, 15) is 4.79 Å². The van der Waals surface area contributed by atoms with Gasteiger partial charge in [-0.1, -0.05) is 6.07 Å². The minimum absolute atomic E-state index is 0.366. The monoisotopic (exact) mass is 374 g/mol. The predicted octanol–water partition coefficient (Wildman–Crippen LogP) is 3.29. The van der Waals surface area contributed by atoms with Crippen LogP contribution in [0.5, 0.6) is 0 Å². The summed E-state index contributed by atoms with van der Waals surface area (Å²) in [5.74, 6) is 0. The first-order valence-corrected chi connectivity index (χ1v) is 9.60. The van der Waals surface area contributed by atoms with Crippen molar-refractivity contribution in [3.05, 3.63) is 65.1 Å². The molecule has 1 aliphatic heterocycles. The number of benzene rings is 1. The molecule has 1 fully saturated rings. The Balaban J connectivity index is 1.55. The van der Waals surface area contributed by atoms with Crippen molar-refractivity contribution in [3.8, 4) is 11.3 Å². The van der Waals surface area contributed by atoms with E-state index in [0.717, 1.165) is 29.7 Å². The summed E-state index contributed by atoms with van der Waals surface area (Å²) < 4.78 is 7.44. The first kappa shape index (κ1) is 17.0. The molecule has 1 aromatic carbocycles. The van der Waals surface area contributed by atoms with Crippen LogP contribution in [0.15, 0.2) is 63.9 Å². The Morgan fingerprint density at radius 2 is 1.89 bits per heavy atom. The zero-order valence-corrected chi connectivity index (χ0v) is 15.9. The molecular formula is C22H22N4O2. The lowest BCUT2D eigenvalue weighted by Crippen LogP contribution is -2.54. The number of piperazine rings is 1. The fourth-order valence-corrected chi connectivity index (χ4v) is 4.08. The van der Waals surface area contributed by atoms with Crippen LogP contribution in [0.3, 0.4) is 0 Å². The molecule has 0 saturated carbocycles. The first-order valence-electron chi connectivity index (χ1n) is 9.60. The molecule has 0 aliphatic carbocycles. The molecule has 4 aromatic rings. The van der Waals surface area contributed by atoms with Gasteiger partial charge >= 0.3 is 5.63 Å². The summed E-state index contributed by atoms with van der Waals surface area (Å²) in [5.41, 5.74) is 3.36. The molecule has 1 saturated heterocycles. The number of aromatic nitrogens is 2. The molecule has 1 aliphatic rings. The van der Waals surface area contributed by atoms with E-state index < -0.39 is 0 Å². The van der Waals surface area contributed by atoms with Gasteiger partial charge in [-0.15, -0.1) is 0 Å². The van der Waals surface area contributed by atoms with Crippen LogP contribution in [0.1, 0.15) is 13.8 Å². The average Bonchev–Trinajstić information content (AvgIpc) is 3.10. The van der Waals surface area contributed by atoms with E-state index in [2.05, 4.69) is 35.2 Å². The predicted molar refractivity (Wildman–Crippen MR) is 111 cm³/mol. The molecule has 4 heterocycles. The lowest BCUT2D eigenvalue weighted by atomic mass is 10.1. The Labute approximate surface area is 162 Å².